The third-order valence-corrected chi connectivity index (χ3v) is 6.04. The minimum atomic E-state index is -0.532. The first-order chi connectivity index (χ1) is 15.3. The van der Waals surface area contributed by atoms with Crippen molar-refractivity contribution < 1.29 is 9.13 Å². The average Bonchev–Trinajstić information content (AvgIpc) is 3.09. The Morgan fingerprint density at radius 3 is 2.91 bits per heavy atom. The van der Waals surface area contributed by atoms with Gasteiger partial charge in [-0.15, -0.1) is 0 Å². The highest BCUT2D eigenvalue weighted by Gasteiger charge is 2.32. The lowest BCUT2D eigenvalue weighted by molar-refractivity contribution is 0.227. The smallest absolute Gasteiger partial charge is 0.166 e. The third kappa shape index (κ3) is 3.82. The normalized spacial score (nSPS) is 22.1. The summed E-state index contributed by atoms with van der Waals surface area (Å²) in [7, 11) is 3.79. The molecule has 0 saturated heterocycles. The van der Waals surface area contributed by atoms with Crippen molar-refractivity contribution in [3.8, 4) is 5.75 Å². The molecule has 0 saturated carbocycles. The second kappa shape index (κ2) is 8.63. The molecule has 32 heavy (non-hydrogen) atoms. The summed E-state index contributed by atoms with van der Waals surface area (Å²) in [4.78, 5) is 4.39. The zero-order valence-corrected chi connectivity index (χ0v) is 18.8. The number of nitrogen functional groups attached to an aromatic ring is 1. The summed E-state index contributed by atoms with van der Waals surface area (Å²) in [6, 6.07) is 6.44. The fourth-order valence-corrected chi connectivity index (χ4v) is 4.42. The van der Waals surface area contributed by atoms with E-state index in [4.69, 9.17) is 15.9 Å². The summed E-state index contributed by atoms with van der Waals surface area (Å²) >= 11 is 0. The number of benzene rings is 1. The summed E-state index contributed by atoms with van der Waals surface area (Å²) in [6.45, 7) is 3.95. The van der Waals surface area contributed by atoms with E-state index >= 15 is 0 Å². The molecule has 2 bridgehead atoms. The second-order valence-corrected chi connectivity index (χ2v) is 8.12. The predicted octanol–water partition coefficient (Wildman–Crippen LogP) is 3.76. The van der Waals surface area contributed by atoms with Crippen LogP contribution in [-0.2, 0) is 0 Å². The molecular formula is C24H29FN6O. The van der Waals surface area contributed by atoms with E-state index in [9.17, 15) is 4.39 Å². The number of halogens is 1. The van der Waals surface area contributed by atoms with Crippen LogP contribution in [0.4, 0.5) is 10.2 Å². The molecule has 2 atom stereocenters. The molecule has 1 unspecified atom stereocenters. The van der Waals surface area contributed by atoms with Gasteiger partial charge in [-0.2, -0.15) is 0 Å². The Morgan fingerprint density at radius 2 is 2.19 bits per heavy atom. The Kier molecular flexibility index (Phi) is 5.88. The molecule has 0 amide bonds. The van der Waals surface area contributed by atoms with E-state index < -0.39 is 6.10 Å². The number of nitrogens with one attached hydrogen (secondary N) is 3. The maximum Gasteiger partial charge on any atom is 0.166 e. The lowest BCUT2D eigenvalue weighted by Crippen LogP contribution is -2.34. The molecular weight excluding hydrogens is 407 g/mol. The average molecular weight is 437 g/mol. The number of ether oxygens (including phenoxy) is 1. The SMILES string of the molecule is CCC1NN(C)C2=C1c1cnc(N)c(c1)O[C@H](C)c1cc(F)ccc1C(=N)/C(=C\NC)C2. The van der Waals surface area contributed by atoms with Gasteiger partial charge in [-0.25, -0.2) is 14.8 Å². The van der Waals surface area contributed by atoms with Gasteiger partial charge in [0.05, 0.1) is 11.8 Å². The van der Waals surface area contributed by atoms with Crippen molar-refractivity contribution in [2.24, 2.45) is 0 Å². The predicted molar refractivity (Wildman–Crippen MR) is 125 cm³/mol. The minimum Gasteiger partial charge on any atom is -0.482 e. The molecule has 7 nitrogen and oxygen atoms in total. The van der Waals surface area contributed by atoms with Crippen LogP contribution < -0.4 is 21.2 Å². The van der Waals surface area contributed by atoms with E-state index in [0.29, 0.717) is 29.0 Å². The van der Waals surface area contributed by atoms with Gasteiger partial charge in [0.1, 0.15) is 11.9 Å². The number of hydrogen-bond donors (Lipinski definition) is 4. The molecule has 5 N–H and O–H groups in total. The highest BCUT2D eigenvalue weighted by molar-refractivity contribution is 6.12. The van der Waals surface area contributed by atoms with E-state index in [2.05, 4.69) is 22.7 Å². The monoisotopic (exact) mass is 436 g/mol. The number of nitrogens with two attached hydrogens (primary N) is 1. The lowest BCUT2D eigenvalue weighted by Gasteiger charge is -2.23. The maximum atomic E-state index is 14.2. The van der Waals surface area contributed by atoms with E-state index in [1.54, 1.807) is 12.3 Å². The largest absolute Gasteiger partial charge is 0.482 e. The number of aromatic nitrogens is 1. The number of rotatable bonds is 2. The van der Waals surface area contributed by atoms with Crippen LogP contribution in [0, 0.1) is 11.2 Å². The van der Waals surface area contributed by atoms with Gasteiger partial charge in [0, 0.05) is 60.9 Å². The van der Waals surface area contributed by atoms with Gasteiger partial charge in [-0.3, -0.25) is 5.41 Å². The lowest BCUT2D eigenvalue weighted by atomic mass is 9.90. The molecule has 3 heterocycles. The van der Waals surface area contributed by atoms with Gasteiger partial charge in [-0.1, -0.05) is 6.92 Å². The summed E-state index contributed by atoms with van der Waals surface area (Å²) < 4.78 is 20.4. The highest BCUT2D eigenvalue weighted by atomic mass is 19.1. The summed E-state index contributed by atoms with van der Waals surface area (Å²) in [5, 5.41) is 14.1. The number of hydrogen-bond acceptors (Lipinski definition) is 7. The molecule has 0 fully saturated rings. The van der Waals surface area contributed by atoms with Gasteiger partial charge >= 0.3 is 0 Å². The fourth-order valence-electron chi connectivity index (χ4n) is 4.42. The van der Waals surface area contributed by atoms with Crippen molar-refractivity contribution in [3.63, 3.8) is 0 Å². The molecule has 1 aromatic heterocycles. The van der Waals surface area contributed by atoms with Crippen LogP contribution in [0.5, 0.6) is 5.75 Å². The zero-order chi connectivity index (χ0) is 23.0. The Labute approximate surface area is 187 Å². The third-order valence-electron chi connectivity index (χ3n) is 6.04. The first kappa shape index (κ1) is 21.8. The van der Waals surface area contributed by atoms with Crippen LogP contribution in [0.15, 0.2) is 47.9 Å². The van der Waals surface area contributed by atoms with Crippen LogP contribution in [0.25, 0.3) is 5.57 Å². The van der Waals surface area contributed by atoms with E-state index in [0.717, 1.165) is 28.8 Å². The molecule has 2 aliphatic rings. The zero-order valence-electron chi connectivity index (χ0n) is 18.8. The van der Waals surface area contributed by atoms with Crippen molar-refractivity contribution in [2.45, 2.75) is 38.8 Å². The van der Waals surface area contributed by atoms with E-state index in [1.165, 1.54) is 12.1 Å². The standard InChI is InChI=1S/C24H29FN6O/c1-5-19-22-14-9-21(24(27)29-12-14)32-13(2)18-10-16(25)6-7-17(18)23(26)15(11-28-3)8-20(22)31(4)30-19/h6-7,9-13,19,26,28,30H,5,8H2,1-4H3,(H2,27,29)/b15-11-,26-23?/t13-,19?/m1/s1. The summed E-state index contributed by atoms with van der Waals surface area (Å²) in [5.74, 6) is 0.337. The Morgan fingerprint density at radius 1 is 1.41 bits per heavy atom. The molecule has 2 aromatic rings. The van der Waals surface area contributed by atoms with Gasteiger partial charge < -0.3 is 20.8 Å². The quantitative estimate of drug-likeness (QED) is 0.572. The number of nitrogens with zero attached hydrogens (tertiary/aromatic N) is 2. The van der Waals surface area contributed by atoms with Gasteiger partial charge in [-0.05, 0) is 43.2 Å². The van der Waals surface area contributed by atoms with Gasteiger partial charge in [0.2, 0.25) is 0 Å². The van der Waals surface area contributed by atoms with Gasteiger partial charge in [0.15, 0.2) is 11.6 Å². The Hall–Kier alpha value is -3.39. The maximum absolute atomic E-state index is 14.2. The van der Waals surface area contributed by atoms with Crippen LogP contribution in [0.1, 0.15) is 49.5 Å². The molecule has 4 rings (SSSR count). The van der Waals surface area contributed by atoms with Gasteiger partial charge in [0.25, 0.3) is 0 Å². The first-order valence-corrected chi connectivity index (χ1v) is 10.7. The number of fused-ring (bicyclic) bond motifs is 4. The number of allylic oxidation sites excluding steroid dienone is 1. The summed E-state index contributed by atoms with van der Waals surface area (Å²) in [6.07, 6.45) is 4.45. The Bertz CT molecular complexity index is 1130. The molecule has 0 aliphatic carbocycles. The van der Waals surface area contributed by atoms with Crippen LogP contribution in [0.2, 0.25) is 0 Å². The topological polar surface area (TPSA) is 99.3 Å². The number of hydrazine groups is 1. The second-order valence-electron chi connectivity index (χ2n) is 8.12. The Balaban J connectivity index is 1.98. The fraction of sp³-hybridized carbons (Fsp3) is 0.333. The van der Waals surface area contributed by atoms with Crippen molar-refractivity contribution >= 4 is 17.1 Å². The van der Waals surface area contributed by atoms with Crippen molar-refractivity contribution in [3.05, 3.63) is 70.4 Å². The molecule has 2 aliphatic heterocycles. The minimum absolute atomic E-state index is 0.0973. The van der Waals surface area contributed by atoms with Crippen LogP contribution >= 0.6 is 0 Å². The van der Waals surface area contributed by atoms with Crippen molar-refractivity contribution in [1.29, 1.82) is 5.41 Å². The van der Waals surface area contributed by atoms with E-state index in [-0.39, 0.29) is 17.7 Å². The first-order valence-electron chi connectivity index (χ1n) is 10.7. The van der Waals surface area contributed by atoms with Crippen LogP contribution in [-0.4, -0.2) is 35.8 Å². The molecule has 8 heteroatoms. The number of pyridine rings is 1. The van der Waals surface area contributed by atoms with Crippen molar-refractivity contribution in [1.82, 2.24) is 20.7 Å². The summed E-state index contributed by atoms with van der Waals surface area (Å²) in [5.41, 5.74) is 15.0. The van der Waals surface area contributed by atoms with Crippen molar-refractivity contribution in [2.75, 3.05) is 19.8 Å². The molecule has 0 spiro atoms. The number of anilines is 1. The molecule has 1 aromatic carbocycles. The highest BCUT2D eigenvalue weighted by Crippen LogP contribution is 2.38. The molecule has 0 radical (unpaired) electrons. The van der Waals surface area contributed by atoms with Crippen LogP contribution in [0.3, 0.4) is 0 Å². The van der Waals surface area contributed by atoms with E-state index in [1.807, 2.05) is 38.3 Å². The molecule has 168 valence electrons.